The molecule has 18 heavy (non-hydrogen) atoms. The Labute approximate surface area is 110 Å². The average molecular weight is 264 g/mol. The molecule has 0 aliphatic carbocycles. The number of carbonyl (C=O) groups excluding carboxylic acids is 1. The minimum Gasteiger partial charge on any atom is -0.399 e. The van der Waals surface area contributed by atoms with Crippen molar-refractivity contribution in [3.05, 3.63) is 29.1 Å². The highest BCUT2D eigenvalue weighted by Crippen LogP contribution is 2.28. The van der Waals surface area contributed by atoms with Crippen LogP contribution in [0.15, 0.2) is 24.3 Å². The Morgan fingerprint density at radius 3 is 2.89 bits per heavy atom. The molecule has 0 aliphatic rings. The van der Waals surface area contributed by atoms with Crippen molar-refractivity contribution >= 4 is 33.0 Å². The van der Waals surface area contributed by atoms with E-state index in [-0.39, 0.29) is 18.6 Å². The van der Waals surface area contributed by atoms with Crippen LogP contribution in [0, 0.1) is 0 Å². The van der Waals surface area contributed by atoms with Crippen molar-refractivity contribution in [2.75, 3.05) is 19.4 Å². The van der Waals surface area contributed by atoms with Crippen LogP contribution in [0.2, 0.25) is 0 Å². The normalized spacial score (nSPS) is 12.6. The Morgan fingerprint density at radius 2 is 2.22 bits per heavy atom. The Bertz CT molecular complexity index is 579. The number of anilines is 1. The fraction of sp³-hybridized carbons (Fsp3) is 0.308. The Kier molecular flexibility index (Phi) is 3.54. The van der Waals surface area contributed by atoms with E-state index in [0.29, 0.717) is 10.6 Å². The highest BCUT2D eigenvalue weighted by molar-refractivity contribution is 7.20. The number of nitrogens with two attached hydrogens (primary N) is 1. The first kappa shape index (κ1) is 12.9. The Hall–Kier alpha value is -1.59. The van der Waals surface area contributed by atoms with Crippen molar-refractivity contribution in [1.82, 2.24) is 4.90 Å². The smallest absolute Gasteiger partial charge is 0.264 e. The number of nitrogen functional groups attached to an aromatic ring is 1. The molecule has 4 nitrogen and oxygen atoms in total. The second-order valence-electron chi connectivity index (χ2n) is 4.36. The summed E-state index contributed by atoms with van der Waals surface area (Å²) in [6, 6.07) is 7.26. The molecule has 0 aliphatic heterocycles. The highest BCUT2D eigenvalue weighted by Gasteiger charge is 2.18. The van der Waals surface area contributed by atoms with Gasteiger partial charge >= 0.3 is 0 Å². The number of hydrogen-bond acceptors (Lipinski definition) is 4. The summed E-state index contributed by atoms with van der Waals surface area (Å²) in [5.74, 6) is -0.0729. The second kappa shape index (κ2) is 4.96. The fourth-order valence-electron chi connectivity index (χ4n) is 1.66. The van der Waals surface area contributed by atoms with Gasteiger partial charge in [0.15, 0.2) is 0 Å². The number of thiophene rings is 1. The van der Waals surface area contributed by atoms with Crippen LogP contribution < -0.4 is 5.73 Å². The summed E-state index contributed by atoms with van der Waals surface area (Å²) in [5, 5.41) is 10.1. The van der Waals surface area contributed by atoms with E-state index in [9.17, 15) is 4.79 Å². The molecule has 1 amide bonds. The molecular weight excluding hydrogens is 248 g/mol. The lowest BCUT2D eigenvalue weighted by molar-refractivity contribution is 0.0687. The molecule has 1 unspecified atom stereocenters. The summed E-state index contributed by atoms with van der Waals surface area (Å²) in [7, 11) is 1.70. The van der Waals surface area contributed by atoms with Crippen molar-refractivity contribution in [3.8, 4) is 0 Å². The van der Waals surface area contributed by atoms with Crippen molar-refractivity contribution in [3.63, 3.8) is 0 Å². The molecule has 3 N–H and O–H groups in total. The van der Waals surface area contributed by atoms with Crippen LogP contribution in [-0.4, -0.2) is 35.6 Å². The van der Waals surface area contributed by atoms with Crippen LogP contribution >= 0.6 is 11.3 Å². The molecular formula is C13H16N2O2S. The number of hydrogen-bond donors (Lipinski definition) is 2. The minimum atomic E-state index is -0.187. The van der Waals surface area contributed by atoms with Gasteiger partial charge in [-0.15, -0.1) is 11.3 Å². The molecule has 0 radical (unpaired) electrons. The first-order valence-corrected chi connectivity index (χ1v) is 6.51. The van der Waals surface area contributed by atoms with Gasteiger partial charge in [-0.2, -0.15) is 0 Å². The van der Waals surface area contributed by atoms with E-state index in [4.69, 9.17) is 10.8 Å². The van der Waals surface area contributed by atoms with Gasteiger partial charge in [-0.1, -0.05) is 0 Å². The maximum atomic E-state index is 12.2. The summed E-state index contributed by atoms with van der Waals surface area (Å²) in [4.78, 5) is 14.4. The summed E-state index contributed by atoms with van der Waals surface area (Å²) in [6.45, 7) is 1.77. The second-order valence-corrected chi connectivity index (χ2v) is 5.44. The largest absolute Gasteiger partial charge is 0.399 e. The molecule has 1 heterocycles. The SMILES string of the molecule is CC(CO)N(C)C(=O)c1cc2cc(N)ccc2s1. The quantitative estimate of drug-likeness (QED) is 0.833. The van der Waals surface area contributed by atoms with Crippen molar-refractivity contribution in [2.45, 2.75) is 13.0 Å². The number of likely N-dealkylation sites (N-methyl/N-ethyl adjacent to an activating group) is 1. The fourth-order valence-corrected chi connectivity index (χ4v) is 2.69. The van der Waals surface area contributed by atoms with E-state index in [1.807, 2.05) is 31.2 Å². The lowest BCUT2D eigenvalue weighted by atomic mass is 10.2. The van der Waals surface area contributed by atoms with Gasteiger partial charge in [0.1, 0.15) is 0 Å². The number of amides is 1. The predicted molar refractivity (Wildman–Crippen MR) is 74.9 cm³/mol. The number of rotatable bonds is 3. The third-order valence-corrected chi connectivity index (χ3v) is 4.10. The van der Waals surface area contributed by atoms with E-state index in [1.165, 1.54) is 11.3 Å². The number of benzene rings is 1. The maximum Gasteiger partial charge on any atom is 0.264 e. The van der Waals surface area contributed by atoms with Crippen LogP contribution in [0.25, 0.3) is 10.1 Å². The molecule has 0 spiro atoms. The molecule has 1 atom stereocenters. The molecule has 0 bridgehead atoms. The van der Waals surface area contributed by atoms with Crippen molar-refractivity contribution < 1.29 is 9.90 Å². The van der Waals surface area contributed by atoms with Crippen LogP contribution in [0.3, 0.4) is 0 Å². The van der Waals surface area contributed by atoms with Crippen LogP contribution in [0.5, 0.6) is 0 Å². The van der Waals surface area contributed by atoms with Gasteiger partial charge in [-0.05, 0) is 36.6 Å². The monoisotopic (exact) mass is 264 g/mol. The van der Waals surface area contributed by atoms with E-state index >= 15 is 0 Å². The number of fused-ring (bicyclic) bond motifs is 1. The average Bonchev–Trinajstić information content (AvgIpc) is 2.78. The van der Waals surface area contributed by atoms with Gasteiger partial charge in [-0.25, -0.2) is 0 Å². The molecule has 1 aromatic heterocycles. The van der Waals surface area contributed by atoms with Crippen LogP contribution in [0.1, 0.15) is 16.6 Å². The molecule has 96 valence electrons. The summed E-state index contributed by atoms with van der Waals surface area (Å²) < 4.78 is 1.04. The van der Waals surface area contributed by atoms with Gasteiger partial charge in [-0.3, -0.25) is 4.79 Å². The summed E-state index contributed by atoms with van der Waals surface area (Å²) in [5.41, 5.74) is 6.41. The lowest BCUT2D eigenvalue weighted by Gasteiger charge is -2.22. The molecule has 5 heteroatoms. The minimum absolute atomic E-state index is 0.0416. The van der Waals surface area contributed by atoms with Crippen molar-refractivity contribution in [2.24, 2.45) is 0 Å². The van der Waals surface area contributed by atoms with Crippen molar-refractivity contribution in [1.29, 1.82) is 0 Å². The number of aliphatic hydroxyl groups is 1. The predicted octanol–water partition coefficient (Wildman–Crippen LogP) is 1.94. The zero-order valence-electron chi connectivity index (χ0n) is 10.4. The zero-order valence-corrected chi connectivity index (χ0v) is 11.2. The number of nitrogens with zero attached hydrogens (tertiary/aromatic N) is 1. The third-order valence-electron chi connectivity index (χ3n) is 3.00. The van der Waals surface area contributed by atoms with Crippen LogP contribution in [0.4, 0.5) is 5.69 Å². The van der Waals surface area contributed by atoms with E-state index in [0.717, 1.165) is 10.1 Å². The number of aliphatic hydroxyl groups excluding tert-OH is 1. The number of carbonyl (C=O) groups is 1. The molecule has 0 fully saturated rings. The Balaban J connectivity index is 2.33. The van der Waals surface area contributed by atoms with Gasteiger partial charge in [0.2, 0.25) is 0 Å². The molecule has 0 saturated carbocycles. The summed E-state index contributed by atoms with van der Waals surface area (Å²) in [6.07, 6.45) is 0. The topological polar surface area (TPSA) is 66.6 Å². The first-order chi connectivity index (χ1) is 8.52. The van der Waals surface area contributed by atoms with Gasteiger partial charge in [0.25, 0.3) is 5.91 Å². The Morgan fingerprint density at radius 1 is 1.50 bits per heavy atom. The molecule has 2 rings (SSSR count). The standard InChI is InChI=1S/C13H16N2O2S/c1-8(7-16)15(2)13(17)12-6-9-5-10(14)3-4-11(9)18-12/h3-6,8,16H,7,14H2,1-2H3. The van der Waals surface area contributed by atoms with E-state index in [2.05, 4.69) is 0 Å². The van der Waals surface area contributed by atoms with Gasteiger partial charge in [0.05, 0.1) is 17.5 Å². The van der Waals surface area contributed by atoms with E-state index in [1.54, 1.807) is 11.9 Å². The summed E-state index contributed by atoms with van der Waals surface area (Å²) >= 11 is 1.44. The maximum absolute atomic E-state index is 12.2. The van der Waals surface area contributed by atoms with E-state index < -0.39 is 0 Å². The molecule has 0 saturated heterocycles. The first-order valence-electron chi connectivity index (χ1n) is 5.70. The van der Waals surface area contributed by atoms with Crippen LogP contribution in [-0.2, 0) is 0 Å². The third kappa shape index (κ3) is 2.32. The highest BCUT2D eigenvalue weighted by atomic mass is 32.1. The van der Waals surface area contributed by atoms with Gasteiger partial charge in [0, 0.05) is 17.4 Å². The molecule has 1 aromatic carbocycles. The lowest BCUT2D eigenvalue weighted by Crippen LogP contribution is -2.36. The van der Waals surface area contributed by atoms with Gasteiger partial charge < -0.3 is 15.7 Å². The zero-order chi connectivity index (χ0) is 13.3. The molecule has 2 aromatic rings.